The van der Waals surface area contributed by atoms with Gasteiger partial charge in [0.2, 0.25) is 0 Å². The normalized spacial score (nSPS) is 18.8. The lowest BCUT2D eigenvalue weighted by molar-refractivity contribution is 0.165. The first-order chi connectivity index (χ1) is 17.0. The monoisotopic (exact) mass is 504 g/mol. The van der Waals surface area contributed by atoms with Crippen LogP contribution < -0.4 is 10.6 Å². The molecule has 0 aromatic heterocycles. The number of nitrogens with one attached hydrogen (secondary N) is 2. The van der Waals surface area contributed by atoms with Gasteiger partial charge >= 0.3 is 6.03 Å². The number of hydrazone groups is 1. The van der Waals surface area contributed by atoms with Crippen LogP contribution >= 0.6 is 11.6 Å². The summed E-state index contributed by atoms with van der Waals surface area (Å²) in [5, 5.41) is 20.1. The highest BCUT2D eigenvalue weighted by Gasteiger charge is 2.39. The number of alkyl halides is 1. The topological polar surface area (TPSA) is 87.9 Å². The van der Waals surface area contributed by atoms with E-state index in [1.807, 2.05) is 13.0 Å². The number of urea groups is 1. The standard InChI is InChI=1S/C24H34ClFN8O/c1-4-6-15-33-22-21(29-23(25)30-22)20(8-5-2)32(24(33)35)16-7-17-34(27-3)31-28-14-13-18-9-11-19(26)12-10-18/h8-12,23,29-30H,3-7,13-17H2,1-2H3. The summed E-state index contributed by atoms with van der Waals surface area (Å²) in [4.78, 5) is 17.0. The minimum atomic E-state index is -0.465. The van der Waals surface area contributed by atoms with Crippen LogP contribution in [0.2, 0.25) is 0 Å². The van der Waals surface area contributed by atoms with Crippen LogP contribution in [0.1, 0.15) is 45.1 Å². The number of amides is 2. The van der Waals surface area contributed by atoms with Crippen LogP contribution in [0.4, 0.5) is 9.18 Å². The fourth-order valence-electron chi connectivity index (χ4n) is 3.92. The fraction of sp³-hybridized carbons (Fsp3) is 0.500. The molecular formula is C24H34ClFN8O. The van der Waals surface area contributed by atoms with Gasteiger partial charge in [0.15, 0.2) is 5.62 Å². The first kappa shape index (κ1) is 26.5. The van der Waals surface area contributed by atoms with Crippen molar-refractivity contribution in [1.82, 2.24) is 25.6 Å². The number of hydrogen-bond acceptors (Lipinski definition) is 6. The number of carbonyl (C=O) groups excluding carboxylic acids is 1. The maximum Gasteiger partial charge on any atom is 0.330 e. The van der Waals surface area contributed by atoms with Gasteiger partial charge in [-0.1, -0.05) is 55.3 Å². The predicted octanol–water partition coefficient (Wildman–Crippen LogP) is 4.76. The van der Waals surface area contributed by atoms with E-state index in [4.69, 9.17) is 11.6 Å². The van der Waals surface area contributed by atoms with Crippen molar-refractivity contribution in [3.8, 4) is 0 Å². The Morgan fingerprint density at radius 1 is 1.17 bits per heavy atom. The van der Waals surface area contributed by atoms with Gasteiger partial charge in [-0.15, -0.1) is 0 Å². The molecular weight excluding hydrogens is 471 g/mol. The molecule has 0 spiro atoms. The highest BCUT2D eigenvalue weighted by atomic mass is 35.5. The highest BCUT2D eigenvalue weighted by molar-refractivity contribution is 6.20. The van der Waals surface area contributed by atoms with Crippen LogP contribution in [0.5, 0.6) is 0 Å². The molecule has 1 aromatic rings. The Morgan fingerprint density at radius 3 is 2.60 bits per heavy atom. The van der Waals surface area contributed by atoms with Crippen molar-refractivity contribution in [2.45, 2.75) is 51.6 Å². The fourth-order valence-corrected chi connectivity index (χ4v) is 4.13. The van der Waals surface area contributed by atoms with E-state index in [9.17, 15) is 9.18 Å². The zero-order valence-corrected chi connectivity index (χ0v) is 21.1. The highest BCUT2D eigenvalue weighted by Crippen LogP contribution is 2.31. The number of benzene rings is 1. The Labute approximate surface area is 211 Å². The van der Waals surface area contributed by atoms with Crippen molar-refractivity contribution in [2.75, 3.05) is 26.2 Å². The molecule has 2 N–H and O–H groups in total. The average molecular weight is 505 g/mol. The third kappa shape index (κ3) is 6.94. The van der Waals surface area contributed by atoms with E-state index in [0.29, 0.717) is 39.0 Å². The van der Waals surface area contributed by atoms with Gasteiger partial charge in [-0.25, -0.2) is 9.18 Å². The third-order valence-electron chi connectivity index (χ3n) is 5.67. The first-order valence-electron chi connectivity index (χ1n) is 12.1. The van der Waals surface area contributed by atoms with Crippen LogP contribution in [0, 0.1) is 5.82 Å². The van der Waals surface area contributed by atoms with Gasteiger partial charge in [-0.3, -0.25) is 9.80 Å². The van der Waals surface area contributed by atoms with Crippen LogP contribution in [0.15, 0.2) is 63.0 Å². The molecule has 9 nitrogen and oxygen atoms in total. The number of allylic oxidation sites excluding steroid dienone is 1. The number of carbonyl (C=O) groups is 1. The smallest absolute Gasteiger partial charge is 0.330 e. The summed E-state index contributed by atoms with van der Waals surface area (Å²) in [5.74, 6) is 0.480. The van der Waals surface area contributed by atoms with Gasteiger partial charge in [0.25, 0.3) is 0 Å². The van der Waals surface area contributed by atoms with Crippen molar-refractivity contribution in [3.63, 3.8) is 0 Å². The second kappa shape index (κ2) is 13.1. The average Bonchev–Trinajstić information content (AvgIpc) is 3.24. The van der Waals surface area contributed by atoms with E-state index >= 15 is 0 Å². The van der Waals surface area contributed by atoms with Gasteiger partial charge in [0.05, 0.1) is 18.8 Å². The summed E-state index contributed by atoms with van der Waals surface area (Å²) in [7, 11) is 0. The van der Waals surface area contributed by atoms with Crippen LogP contribution in [0.25, 0.3) is 0 Å². The van der Waals surface area contributed by atoms with Gasteiger partial charge < -0.3 is 10.6 Å². The summed E-state index contributed by atoms with van der Waals surface area (Å²) in [5.41, 5.74) is 2.20. The number of rotatable bonds is 13. The molecule has 2 amide bonds. The van der Waals surface area contributed by atoms with Gasteiger partial charge in [0, 0.05) is 19.8 Å². The lowest BCUT2D eigenvalue weighted by Crippen LogP contribution is -2.49. The van der Waals surface area contributed by atoms with Crippen LogP contribution in [-0.4, -0.2) is 59.5 Å². The minimum Gasteiger partial charge on any atom is -0.348 e. The Balaban J connectivity index is 1.59. The second-order valence-electron chi connectivity index (χ2n) is 8.23. The van der Waals surface area contributed by atoms with Crippen LogP contribution in [-0.2, 0) is 6.42 Å². The molecule has 0 saturated heterocycles. The van der Waals surface area contributed by atoms with Gasteiger partial charge in [-0.05, 0) is 43.4 Å². The Kier molecular flexibility index (Phi) is 9.89. The molecule has 0 radical (unpaired) electrons. The SMILES string of the molecule is C=NN(CCCN1C(=O)N(CCCC)C2=C(NC(Cl)N2)C1=CCC)N=NCCc1ccc(F)cc1. The van der Waals surface area contributed by atoms with Crippen molar-refractivity contribution in [3.05, 3.63) is 58.9 Å². The van der Waals surface area contributed by atoms with E-state index in [0.717, 1.165) is 42.0 Å². The summed E-state index contributed by atoms with van der Waals surface area (Å²) in [6, 6.07) is 6.25. The molecule has 0 fully saturated rings. The lowest BCUT2D eigenvalue weighted by Gasteiger charge is -2.37. The molecule has 35 heavy (non-hydrogen) atoms. The van der Waals surface area contributed by atoms with E-state index in [1.54, 1.807) is 21.9 Å². The molecule has 0 aliphatic carbocycles. The van der Waals surface area contributed by atoms with E-state index < -0.39 is 5.62 Å². The maximum absolute atomic E-state index is 13.4. The summed E-state index contributed by atoms with van der Waals surface area (Å²) >= 11 is 6.31. The number of hydrogen-bond donors (Lipinski definition) is 2. The summed E-state index contributed by atoms with van der Waals surface area (Å²) in [6.45, 7) is 9.71. The van der Waals surface area contributed by atoms with Crippen molar-refractivity contribution in [2.24, 2.45) is 15.4 Å². The third-order valence-corrected chi connectivity index (χ3v) is 5.88. The molecule has 3 rings (SSSR count). The van der Waals surface area contributed by atoms with E-state index in [-0.39, 0.29) is 11.8 Å². The van der Waals surface area contributed by atoms with Gasteiger partial charge in [-0.2, -0.15) is 15.3 Å². The van der Waals surface area contributed by atoms with Crippen molar-refractivity contribution < 1.29 is 9.18 Å². The molecule has 1 unspecified atom stereocenters. The number of halogens is 2. The Morgan fingerprint density at radius 2 is 1.91 bits per heavy atom. The number of unbranched alkanes of at least 4 members (excludes halogenated alkanes) is 1. The molecule has 0 bridgehead atoms. The van der Waals surface area contributed by atoms with Gasteiger partial charge in [0.1, 0.15) is 17.3 Å². The summed E-state index contributed by atoms with van der Waals surface area (Å²) in [6.07, 6.45) is 5.95. The summed E-state index contributed by atoms with van der Waals surface area (Å²) < 4.78 is 13.0. The molecule has 2 aliphatic rings. The molecule has 1 aromatic carbocycles. The van der Waals surface area contributed by atoms with E-state index in [1.165, 1.54) is 17.3 Å². The van der Waals surface area contributed by atoms with Crippen LogP contribution in [0.3, 0.4) is 0 Å². The molecule has 0 saturated carbocycles. The molecule has 2 aliphatic heterocycles. The second-order valence-corrected chi connectivity index (χ2v) is 8.67. The zero-order valence-electron chi connectivity index (χ0n) is 20.4. The molecule has 2 heterocycles. The predicted molar refractivity (Wildman–Crippen MR) is 136 cm³/mol. The van der Waals surface area contributed by atoms with Crippen molar-refractivity contribution in [1.29, 1.82) is 0 Å². The maximum atomic E-state index is 13.4. The lowest BCUT2D eigenvalue weighted by atomic mass is 10.1. The molecule has 190 valence electrons. The van der Waals surface area contributed by atoms with Crippen molar-refractivity contribution >= 4 is 24.3 Å². The Hall–Kier alpha value is -3.14. The Bertz CT molecular complexity index is 965. The first-order valence-corrected chi connectivity index (χ1v) is 12.5. The molecule has 11 heteroatoms. The number of nitrogens with zero attached hydrogens (tertiary/aromatic N) is 6. The zero-order chi connectivity index (χ0) is 25.2. The molecule has 1 atom stereocenters. The largest absolute Gasteiger partial charge is 0.348 e. The quantitative estimate of drug-likeness (QED) is 0.133. The minimum absolute atomic E-state index is 0.0731. The van der Waals surface area contributed by atoms with E-state index in [2.05, 4.69) is 39.7 Å².